The van der Waals surface area contributed by atoms with Gasteiger partial charge >= 0.3 is 0 Å². The number of aryl methyl sites for hydroxylation is 1. The summed E-state index contributed by atoms with van der Waals surface area (Å²) in [4.78, 5) is 2.54. The third-order valence-electron chi connectivity index (χ3n) is 3.65. The molecule has 1 fully saturated rings. The van der Waals surface area contributed by atoms with E-state index < -0.39 is 0 Å². The SMILES string of the molecule is Cn1nccc1CCN1CCC(CN)CC1. The molecular formula is C12H22N4. The third kappa shape index (κ3) is 2.83. The van der Waals surface area contributed by atoms with Crippen LogP contribution >= 0.6 is 0 Å². The van der Waals surface area contributed by atoms with E-state index >= 15 is 0 Å². The number of hydrogen-bond acceptors (Lipinski definition) is 3. The Morgan fingerprint density at radius 3 is 2.75 bits per heavy atom. The van der Waals surface area contributed by atoms with Crippen LogP contribution < -0.4 is 5.73 Å². The van der Waals surface area contributed by atoms with Crippen molar-refractivity contribution in [3.63, 3.8) is 0 Å². The Bertz CT molecular complexity index is 313. The molecule has 0 unspecified atom stereocenters. The highest BCUT2D eigenvalue weighted by Gasteiger charge is 2.17. The molecule has 1 aromatic rings. The summed E-state index contributed by atoms with van der Waals surface area (Å²) in [5.41, 5.74) is 7.01. The first-order chi connectivity index (χ1) is 7.79. The number of hydrogen-bond donors (Lipinski definition) is 1. The number of nitrogens with zero attached hydrogens (tertiary/aromatic N) is 3. The molecule has 0 aromatic carbocycles. The number of piperidine rings is 1. The van der Waals surface area contributed by atoms with Gasteiger partial charge in [-0.3, -0.25) is 4.68 Å². The number of rotatable bonds is 4. The van der Waals surface area contributed by atoms with Crippen molar-refractivity contribution >= 4 is 0 Å². The van der Waals surface area contributed by atoms with E-state index in [0.717, 1.165) is 25.4 Å². The van der Waals surface area contributed by atoms with Gasteiger partial charge in [0.15, 0.2) is 0 Å². The van der Waals surface area contributed by atoms with Crippen LogP contribution in [0.1, 0.15) is 18.5 Å². The third-order valence-corrected chi connectivity index (χ3v) is 3.65. The molecule has 1 aromatic heterocycles. The summed E-state index contributed by atoms with van der Waals surface area (Å²) in [6.45, 7) is 4.42. The molecule has 2 N–H and O–H groups in total. The first kappa shape index (κ1) is 11.6. The molecule has 90 valence electrons. The van der Waals surface area contributed by atoms with Crippen LogP contribution in [0.4, 0.5) is 0 Å². The van der Waals surface area contributed by atoms with Crippen LogP contribution in [-0.4, -0.2) is 40.9 Å². The van der Waals surface area contributed by atoms with Crippen molar-refractivity contribution < 1.29 is 0 Å². The van der Waals surface area contributed by atoms with Crippen LogP contribution in [0.15, 0.2) is 12.3 Å². The summed E-state index contributed by atoms with van der Waals surface area (Å²) in [6.07, 6.45) is 5.50. The topological polar surface area (TPSA) is 47.1 Å². The maximum atomic E-state index is 5.69. The van der Waals surface area contributed by atoms with Crippen molar-refractivity contribution in [1.29, 1.82) is 0 Å². The monoisotopic (exact) mass is 222 g/mol. The molecule has 1 aliphatic rings. The number of nitrogens with two attached hydrogens (primary N) is 1. The van der Waals surface area contributed by atoms with E-state index in [2.05, 4.69) is 16.1 Å². The van der Waals surface area contributed by atoms with Gasteiger partial charge in [0.25, 0.3) is 0 Å². The molecule has 1 aliphatic heterocycles. The fraction of sp³-hybridized carbons (Fsp3) is 0.750. The van der Waals surface area contributed by atoms with E-state index in [1.54, 1.807) is 0 Å². The van der Waals surface area contributed by atoms with Crippen LogP contribution in [0.3, 0.4) is 0 Å². The average molecular weight is 222 g/mol. The van der Waals surface area contributed by atoms with Crippen LogP contribution in [0.5, 0.6) is 0 Å². The van der Waals surface area contributed by atoms with Gasteiger partial charge in [0, 0.05) is 31.9 Å². The molecule has 0 atom stereocenters. The molecule has 0 aliphatic carbocycles. The van der Waals surface area contributed by atoms with Gasteiger partial charge in [0.05, 0.1) is 0 Å². The van der Waals surface area contributed by atoms with Crippen LogP contribution in [-0.2, 0) is 13.5 Å². The van der Waals surface area contributed by atoms with Gasteiger partial charge < -0.3 is 10.6 Å². The van der Waals surface area contributed by atoms with Crippen molar-refractivity contribution in [1.82, 2.24) is 14.7 Å². The van der Waals surface area contributed by atoms with E-state index in [0.29, 0.717) is 0 Å². The molecule has 0 bridgehead atoms. The zero-order valence-electron chi connectivity index (χ0n) is 10.1. The fourth-order valence-electron chi connectivity index (χ4n) is 2.36. The quantitative estimate of drug-likeness (QED) is 0.813. The Hall–Kier alpha value is -0.870. The van der Waals surface area contributed by atoms with Gasteiger partial charge in [-0.05, 0) is 44.5 Å². The predicted octanol–water partition coefficient (Wildman–Crippen LogP) is 0.633. The maximum absolute atomic E-state index is 5.69. The lowest BCUT2D eigenvalue weighted by Crippen LogP contribution is -2.37. The molecule has 0 spiro atoms. The minimum Gasteiger partial charge on any atom is -0.330 e. The highest BCUT2D eigenvalue weighted by atomic mass is 15.3. The second-order valence-electron chi connectivity index (χ2n) is 4.72. The van der Waals surface area contributed by atoms with E-state index in [1.165, 1.54) is 31.6 Å². The largest absolute Gasteiger partial charge is 0.330 e. The molecule has 2 rings (SSSR count). The Labute approximate surface area is 97.4 Å². The molecule has 2 heterocycles. The predicted molar refractivity (Wildman–Crippen MR) is 65.1 cm³/mol. The highest BCUT2D eigenvalue weighted by molar-refractivity contribution is 5.00. The smallest absolute Gasteiger partial charge is 0.0492 e. The summed E-state index contributed by atoms with van der Waals surface area (Å²) in [5, 5.41) is 4.19. The van der Waals surface area contributed by atoms with E-state index in [-0.39, 0.29) is 0 Å². The van der Waals surface area contributed by atoms with Crippen LogP contribution in [0, 0.1) is 5.92 Å². The Morgan fingerprint density at radius 2 is 2.19 bits per heavy atom. The maximum Gasteiger partial charge on any atom is 0.0492 e. The van der Waals surface area contributed by atoms with Gasteiger partial charge in [-0.1, -0.05) is 0 Å². The van der Waals surface area contributed by atoms with Gasteiger partial charge in [-0.2, -0.15) is 5.10 Å². The van der Waals surface area contributed by atoms with Gasteiger partial charge in [0.2, 0.25) is 0 Å². The molecule has 0 radical (unpaired) electrons. The first-order valence-corrected chi connectivity index (χ1v) is 6.19. The molecule has 1 saturated heterocycles. The molecule has 0 saturated carbocycles. The second kappa shape index (κ2) is 5.46. The second-order valence-corrected chi connectivity index (χ2v) is 4.72. The Morgan fingerprint density at radius 1 is 1.44 bits per heavy atom. The highest BCUT2D eigenvalue weighted by Crippen LogP contribution is 2.15. The summed E-state index contributed by atoms with van der Waals surface area (Å²) in [5.74, 6) is 0.757. The summed E-state index contributed by atoms with van der Waals surface area (Å²) in [6, 6.07) is 2.10. The van der Waals surface area contributed by atoms with Crippen molar-refractivity contribution in [2.24, 2.45) is 18.7 Å². The summed E-state index contributed by atoms with van der Waals surface area (Å²) < 4.78 is 1.96. The number of aromatic nitrogens is 2. The molecule has 16 heavy (non-hydrogen) atoms. The van der Waals surface area contributed by atoms with Crippen molar-refractivity contribution in [2.75, 3.05) is 26.2 Å². The van der Waals surface area contributed by atoms with E-state index in [4.69, 9.17) is 5.73 Å². The normalized spacial score (nSPS) is 19.1. The van der Waals surface area contributed by atoms with Gasteiger partial charge in [0.1, 0.15) is 0 Å². The van der Waals surface area contributed by atoms with Gasteiger partial charge in [-0.15, -0.1) is 0 Å². The van der Waals surface area contributed by atoms with Crippen molar-refractivity contribution in [3.8, 4) is 0 Å². The van der Waals surface area contributed by atoms with Crippen molar-refractivity contribution in [3.05, 3.63) is 18.0 Å². The Balaban J connectivity index is 1.73. The van der Waals surface area contributed by atoms with E-state index in [1.807, 2.05) is 17.9 Å². The number of likely N-dealkylation sites (tertiary alicyclic amines) is 1. The lowest BCUT2D eigenvalue weighted by molar-refractivity contribution is 0.188. The zero-order chi connectivity index (χ0) is 11.4. The minimum atomic E-state index is 0.757. The molecular weight excluding hydrogens is 200 g/mol. The summed E-state index contributed by atoms with van der Waals surface area (Å²) in [7, 11) is 2.01. The molecule has 0 amide bonds. The molecule has 4 heteroatoms. The van der Waals surface area contributed by atoms with Crippen molar-refractivity contribution in [2.45, 2.75) is 19.3 Å². The Kier molecular flexibility index (Phi) is 3.96. The minimum absolute atomic E-state index is 0.757. The average Bonchev–Trinajstić information content (AvgIpc) is 2.73. The summed E-state index contributed by atoms with van der Waals surface area (Å²) >= 11 is 0. The first-order valence-electron chi connectivity index (χ1n) is 6.19. The fourth-order valence-corrected chi connectivity index (χ4v) is 2.36. The van der Waals surface area contributed by atoms with E-state index in [9.17, 15) is 0 Å². The van der Waals surface area contributed by atoms with Crippen LogP contribution in [0.2, 0.25) is 0 Å². The standard InChI is InChI=1S/C12H22N4/c1-15-12(2-6-14-15)5-9-16-7-3-11(10-13)4-8-16/h2,6,11H,3-5,7-10,13H2,1H3. The lowest BCUT2D eigenvalue weighted by atomic mass is 9.97. The zero-order valence-corrected chi connectivity index (χ0v) is 10.1. The molecule has 4 nitrogen and oxygen atoms in total. The van der Waals surface area contributed by atoms with Gasteiger partial charge in [-0.25, -0.2) is 0 Å². The lowest BCUT2D eigenvalue weighted by Gasteiger charge is -2.31. The van der Waals surface area contributed by atoms with Crippen LogP contribution in [0.25, 0.3) is 0 Å².